The summed E-state index contributed by atoms with van der Waals surface area (Å²) in [6.07, 6.45) is 3.23. The van der Waals surface area contributed by atoms with Crippen molar-refractivity contribution in [1.82, 2.24) is 5.32 Å². The van der Waals surface area contributed by atoms with Gasteiger partial charge in [-0.15, -0.1) is 0 Å². The summed E-state index contributed by atoms with van der Waals surface area (Å²) in [6, 6.07) is 21.4. The van der Waals surface area contributed by atoms with Gasteiger partial charge in [-0.2, -0.15) is 0 Å². The molecule has 7 nitrogen and oxygen atoms in total. The summed E-state index contributed by atoms with van der Waals surface area (Å²) in [7, 11) is 0. The lowest BCUT2D eigenvalue weighted by molar-refractivity contribution is -0.118. The number of carbonyl (C=O) groups is 3. The molecule has 7 heteroatoms. The molecule has 4 atom stereocenters. The average molecular weight is 539 g/mol. The monoisotopic (exact) mass is 538 g/mol. The van der Waals surface area contributed by atoms with E-state index in [0.717, 1.165) is 35.1 Å². The van der Waals surface area contributed by atoms with Crippen molar-refractivity contribution in [2.75, 3.05) is 10.6 Å². The van der Waals surface area contributed by atoms with E-state index in [4.69, 9.17) is 5.73 Å². The molecule has 1 aliphatic heterocycles. The van der Waals surface area contributed by atoms with E-state index >= 15 is 0 Å². The van der Waals surface area contributed by atoms with Gasteiger partial charge in [0.2, 0.25) is 11.8 Å². The molecule has 0 aromatic heterocycles. The molecule has 1 aliphatic rings. The molecule has 4 rings (SSSR count). The molecular formula is C33H38N4O3. The first-order chi connectivity index (χ1) is 19.2. The van der Waals surface area contributed by atoms with Crippen LogP contribution in [0.3, 0.4) is 0 Å². The molecule has 40 heavy (non-hydrogen) atoms. The van der Waals surface area contributed by atoms with E-state index in [1.165, 1.54) is 0 Å². The van der Waals surface area contributed by atoms with E-state index in [9.17, 15) is 14.4 Å². The molecule has 0 bridgehead atoms. The lowest BCUT2D eigenvalue weighted by atomic mass is 9.82. The second-order valence-electron chi connectivity index (χ2n) is 10.5. The Morgan fingerprint density at radius 3 is 1.93 bits per heavy atom. The third-order valence-corrected chi connectivity index (χ3v) is 7.82. The van der Waals surface area contributed by atoms with Gasteiger partial charge in [0, 0.05) is 34.1 Å². The SMILES string of the molecule is CC[C@H](C)[C@H](N)C(=O)Nc1ccccc1-c1ccccc1NC(=O)C=C1c2ccccc2C(=O)N[C@H]1[C@@H](C)CC. The zero-order valence-electron chi connectivity index (χ0n) is 23.5. The molecule has 0 spiro atoms. The molecule has 3 aromatic carbocycles. The number of rotatable bonds is 9. The van der Waals surface area contributed by atoms with Crippen molar-refractivity contribution < 1.29 is 14.4 Å². The topological polar surface area (TPSA) is 113 Å². The molecule has 0 unspecified atom stereocenters. The number of benzene rings is 3. The van der Waals surface area contributed by atoms with Gasteiger partial charge in [0.15, 0.2) is 0 Å². The van der Waals surface area contributed by atoms with Gasteiger partial charge in [-0.05, 0) is 41.2 Å². The molecule has 208 valence electrons. The number of nitrogens with one attached hydrogen (secondary N) is 3. The smallest absolute Gasteiger partial charge is 0.252 e. The van der Waals surface area contributed by atoms with Crippen LogP contribution in [-0.2, 0) is 9.59 Å². The lowest BCUT2D eigenvalue weighted by Crippen LogP contribution is -2.44. The molecular weight excluding hydrogens is 500 g/mol. The van der Waals surface area contributed by atoms with Gasteiger partial charge in [0.05, 0.1) is 12.1 Å². The Morgan fingerprint density at radius 1 is 0.825 bits per heavy atom. The van der Waals surface area contributed by atoms with Crippen molar-refractivity contribution >= 4 is 34.7 Å². The summed E-state index contributed by atoms with van der Waals surface area (Å²) < 4.78 is 0. The standard InChI is InChI=1S/C33H38N4O3/c1-5-20(3)30(34)33(40)36-28-18-12-10-15-24(28)23-14-9-11-17-27(23)35-29(38)19-26-22-13-7-8-16-25(22)32(39)37-31(26)21(4)6-2/h7-21,30-31H,5-6,34H2,1-4H3,(H,35,38)(H,36,40)(H,37,39)/t20-,21-,30-,31-/m0/s1. The molecule has 0 radical (unpaired) electrons. The minimum absolute atomic E-state index is 0.0423. The highest BCUT2D eigenvalue weighted by Crippen LogP contribution is 2.35. The highest BCUT2D eigenvalue weighted by molar-refractivity contribution is 6.11. The quantitative estimate of drug-likeness (QED) is 0.256. The second-order valence-corrected chi connectivity index (χ2v) is 10.5. The molecule has 3 amide bonds. The van der Waals surface area contributed by atoms with E-state index in [-0.39, 0.29) is 35.6 Å². The highest BCUT2D eigenvalue weighted by Gasteiger charge is 2.32. The van der Waals surface area contributed by atoms with Gasteiger partial charge >= 0.3 is 0 Å². The molecule has 3 aromatic rings. The van der Waals surface area contributed by atoms with Gasteiger partial charge in [-0.3, -0.25) is 14.4 Å². The number of hydrogen-bond donors (Lipinski definition) is 4. The Morgan fingerprint density at radius 2 is 1.35 bits per heavy atom. The van der Waals surface area contributed by atoms with Crippen LogP contribution in [-0.4, -0.2) is 29.8 Å². The summed E-state index contributed by atoms with van der Waals surface area (Å²) in [4.78, 5) is 39.1. The Labute approximate surface area is 236 Å². The Hall–Kier alpha value is -4.23. The van der Waals surface area contributed by atoms with Crippen LogP contribution in [0.25, 0.3) is 16.7 Å². The first-order valence-corrected chi connectivity index (χ1v) is 13.9. The van der Waals surface area contributed by atoms with Gasteiger partial charge < -0.3 is 21.7 Å². The highest BCUT2D eigenvalue weighted by atomic mass is 16.2. The van der Waals surface area contributed by atoms with Crippen LogP contribution in [0.5, 0.6) is 0 Å². The predicted molar refractivity (Wildman–Crippen MR) is 162 cm³/mol. The van der Waals surface area contributed by atoms with Crippen LogP contribution >= 0.6 is 0 Å². The van der Waals surface area contributed by atoms with Crippen molar-refractivity contribution in [3.8, 4) is 11.1 Å². The largest absolute Gasteiger partial charge is 0.345 e. The summed E-state index contributed by atoms with van der Waals surface area (Å²) >= 11 is 0. The fraction of sp³-hybridized carbons (Fsp3) is 0.303. The first kappa shape index (κ1) is 28.8. The summed E-state index contributed by atoms with van der Waals surface area (Å²) in [5, 5.41) is 9.11. The zero-order valence-corrected chi connectivity index (χ0v) is 23.5. The predicted octanol–water partition coefficient (Wildman–Crippen LogP) is 5.85. The zero-order chi connectivity index (χ0) is 28.8. The Kier molecular flexibility index (Phi) is 9.17. The lowest BCUT2D eigenvalue weighted by Gasteiger charge is -2.32. The summed E-state index contributed by atoms with van der Waals surface area (Å²) in [6.45, 7) is 8.10. The van der Waals surface area contributed by atoms with E-state index in [1.807, 2.05) is 80.6 Å². The average Bonchev–Trinajstić information content (AvgIpc) is 2.97. The third kappa shape index (κ3) is 6.15. The van der Waals surface area contributed by atoms with Crippen LogP contribution in [0.15, 0.2) is 78.9 Å². The number of para-hydroxylation sites is 2. The summed E-state index contributed by atoms with van der Waals surface area (Å²) in [5.74, 6) is -0.499. The van der Waals surface area contributed by atoms with Crippen LogP contribution in [0.1, 0.15) is 56.5 Å². The second kappa shape index (κ2) is 12.7. The normalized spacial score (nSPS) is 17.8. The molecule has 5 N–H and O–H groups in total. The van der Waals surface area contributed by atoms with Crippen molar-refractivity contribution in [1.29, 1.82) is 0 Å². The first-order valence-electron chi connectivity index (χ1n) is 13.9. The maximum atomic E-state index is 13.5. The van der Waals surface area contributed by atoms with Gasteiger partial charge in [-0.1, -0.05) is 95.1 Å². The number of amides is 3. The fourth-order valence-electron chi connectivity index (χ4n) is 4.94. The van der Waals surface area contributed by atoms with E-state index in [2.05, 4.69) is 29.8 Å². The molecule has 1 heterocycles. The van der Waals surface area contributed by atoms with Crippen LogP contribution in [0.4, 0.5) is 11.4 Å². The van der Waals surface area contributed by atoms with Crippen LogP contribution < -0.4 is 21.7 Å². The minimum atomic E-state index is -0.628. The van der Waals surface area contributed by atoms with E-state index in [1.54, 1.807) is 12.1 Å². The van der Waals surface area contributed by atoms with Gasteiger partial charge in [0.1, 0.15) is 0 Å². The number of fused-ring (bicyclic) bond motifs is 1. The van der Waals surface area contributed by atoms with E-state index in [0.29, 0.717) is 16.9 Å². The minimum Gasteiger partial charge on any atom is -0.345 e. The molecule has 0 fully saturated rings. The van der Waals surface area contributed by atoms with Crippen molar-refractivity contribution in [3.05, 3.63) is 90.0 Å². The van der Waals surface area contributed by atoms with Crippen LogP contribution in [0, 0.1) is 11.8 Å². The number of nitrogens with two attached hydrogens (primary N) is 1. The Balaban J connectivity index is 1.67. The molecule has 0 aliphatic carbocycles. The van der Waals surface area contributed by atoms with Gasteiger partial charge in [-0.25, -0.2) is 0 Å². The molecule has 0 saturated heterocycles. The number of carbonyl (C=O) groups excluding carboxylic acids is 3. The van der Waals surface area contributed by atoms with E-state index < -0.39 is 6.04 Å². The third-order valence-electron chi connectivity index (χ3n) is 7.82. The fourth-order valence-corrected chi connectivity index (χ4v) is 4.94. The number of hydrogen-bond acceptors (Lipinski definition) is 4. The number of anilines is 2. The maximum absolute atomic E-state index is 13.5. The summed E-state index contributed by atoms with van der Waals surface area (Å²) in [5.41, 5.74) is 11.0. The van der Waals surface area contributed by atoms with Crippen molar-refractivity contribution in [3.63, 3.8) is 0 Å². The Bertz CT molecular complexity index is 1430. The van der Waals surface area contributed by atoms with Crippen LogP contribution in [0.2, 0.25) is 0 Å². The molecule has 0 saturated carbocycles. The van der Waals surface area contributed by atoms with Crippen molar-refractivity contribution in [2.24, 2.45) is 17.6 Å². The van der Waals surface area contributed by atoms with Gasteiger partial charge in [0.25, 0.3) is 5.91 Å². The van der Waals surface area contributed by atoms with Crippen molar-refractivity contribution in [2.45, 2.75) is 52.6 Å². The maximum Gasteiger partial charge on any atom is 0.252 e.